The van der Waals surface area contributed by atoms with Crippen LogP contribution in [0, 0.1) is 0 Å². The van der Waals surface area contributed by atoms with E-state index in [9.17, 15) is 0 Å². The van der Waals surface area contributed by atoms with Crippen LogP contribution in [0.2, 0.25) is 5.02 Å². The maximum atomic E-state index is 6.28. The van der Waals surface area contributed by atoms with Gasteiger partial charge in [0.25, 0.3) is 0 Å². The first-order valence-electron chi connectivity index (χ1n) is 8.36. The van der Waals surface area contributed by atoms with Crippen LogP contribution < -0.4 is 15.4 Å². The molecule has 0 fully saturated rings. The van der Waals surface area contributed by atoms with Gasteiger partial charge in [0.15, 0.2) is 5.96 Å². The Labute approximate surface area is 175 Å². The lowest BCUT2D eigenvalue weighted by Gasteiger charge is -2.25. The fourth-order valence-electron chi connectivity index (χ4n) is 2.92. The molecule has 2 aromatic rings. The third-order valence-corrected chi connectivity index (χ3v) is 4.67. The number of nitrogens with one attached hydrogen (secondary N) is 2. The Morgan fingerprint density at radius 2 is 2.31 bits per heavy atom. The summed E-state index contributed by atoms with van der Waals surface area (Å²) in [5, 5.41) is 11.8. The van der Waals surface area contributed by atoms with Gasteiger partial charge in [-0.3, -0.25) is 4.99 Å². The molecule has 0 saturated carbocycles. The fraction of sp³-hybridized carbons (Fsp3) is 0.471. The number of ether oxygens (including phenoxy) is 1. The minimum absolute atomic E-state index is 0. The number of fused-ring (bicyclic) bond motifs is 1. The van der Waals surface area contributed by atoms with E-state index in [0.717, 1.165) is 60.5 Å². The molecule has 0 amide bonds. The molecule has 3 rings (SSSR count). The average Bonchev–Trinajstić information content (AvgIpc) is 3.09. The molecule has 26 heavy (non-hydrogen) atoms. The van der Waals surface area contributed by atoms with E-state index in [0.29, 0.717) is 6.04 Å². The molecule has 1 aromatic carbocycles. The molecule has 2 heterocycles. The summed E-state index contributed by atoms with van der Waals surface area (Å²) >= 11 is 6.28. The Morgan fingerprint density at radius 3 is 3.04 bits per heavy atom. The first-order valence-corrected chi connectivity index (χ1v) is 8.73. The largest absolute Gasteiger partial charge is 0.497 e. The van der Waals surface area contributed by atoms with E-state index < -0.39 is 0 Å². The van der Waals surface area contributed by atoms with E-state index in [4.69, 9.17) is 16.3 Å². The lowest BCUT2D eigenvalue weighted by molar-refractivity contribution is 0.393. The van der Waals surface area contributed by atoms with Gasteiger partial charge >= 0.3 is 0 Å². The highest BCUT2D eigenvalue weighted by atomic mass is 127. The van der Waals surface area contributed by atoms with Gasteiger partial charge < -0.3 is 15.4 Å². The van der Waals surface area contributed by atoms with E-state index in [1.165, 1.54) is 0 Å². The van der Waals surface area contributed by atoms with Crippen molar-refractivity contribution in [2.24, 2.45) is 4.99 Å². The van der Waals surface area contributed by atoms with Crippen molar-refractivity contribution in [3.05, 3.63) is 40.9 Å². The molecular formula is C17H24ClIN6O. The Morgan fingerprint density at radius 1 is 1.46 bits per heavy atom. The van der Waals surface area contributed by atoms with E-state index in [2.05, 4.69) is 25.7 Å². The summed E-state index contributed by atoms with van der Waals surface area (Å²) in [6.07, 6.45) is 4.37. The Balaban J connectivity index is 0.00000243. The van der Waals surface area contributed by atoms with Crippen molar-refractivity contribution < 1.29 is 4.74 Å². The zero-order valence-electron chi connectivity index (χ0n) is 14.9. The molecule has 0 aliphatic carbocycles. The number of nitrogens with zero attached hydrogens (tertiary/aromatic N) is 4. The number of aliphatic imine (C=N–C) groups is 1. The molecule has 1 unspecified atom stereocenters. The number of hydrogen-bond donors (Lipinski definition) is 2. The maximum Gasteiger partial charge on any atom is 0.191 e. The minimum Gasteiger partial charge on any atom is -0.497 e. The standard InChI is InChI=1S/C17H23ClN6O.HI/c1-19-17(23-13-4-6-16-21-11-22-24(16)10-13)20-8-7-12-3-5-14(25-2)9-15(12)18;/h3,5,9,11,13H,4,6-8,10H2,1-2H3,(H2,19,20,23);1H. The molecule has 1 atom stereocenters. The highest BCUT2D eigenvalue weighted by Gasteiger charge is 2.20. The van der Waals surface area contributed by atoms with Crippen molar-refractivity contribution in [2.45, 2.75) is 31.8 Å². The molecule has 1 aliphatic heterocycles. The minimum atomic E-state index is 0. The Hall–Kier alpha value is -1.55. The van der Waals surface area contributed by atoms with Crippen LogP contribution in [0.5, 0.6) is 5.75 Å². The number of rotatable bonds is 5. The van der Waals surface area contributed by atoms with Gasteiger partial charge in [-0.05, 0) is 30.5 Å². The quantitative estimate of drug-likeness (QED) is 0.382. The molecule has 2 N–H and O–H groups in total. The zero-order valence-corrected chi connectivity index (χ0v) is 18.0. The lowest BCUT2D eigenvalue weighted by Crippen LogP contribution is -2.47. The first-order chi connectivity index (χ1) is 12.2. The predicted octanol–water partition coefficient (Wildman–Crippen LogP) is 2.28. The van der Waals surface area contributed by atoms with Crippen LogP contribution in [-0.4, -0.2) is 47.5 Å². The normalized spacial score (nSPS) is 16.4. The molecule has 0 radical (unpaired) electrons. The Bertz CT molecular complexity index is 751. The van der Waals surface area contributed by atoms with Gasteiger partial charge in [0.1, 0.15) is 17.9 Å². The van der Waals surface area contributed by atoms with Crippen molar-refractivity contribution >= 4 is 41.5 Å². The van der Waals surface area contributed by atoms with Crippen LogP contribution in [0.15, 0.2) is 29.5 Å². The van der Waals surface area contributed by atoms with Crippen molar-refractivity contribution in [1.82, 2.24) is 25.4 Å². The molecule has 7 nitrogen and oxygen atoms in total. The van der Waals surface area contributed by atoms with Gasteiger partial charge in [-0.2, -0.15) is 5.10 Å². The van der Waals surface area contributed by atoms with Gasteiger partial charge in [0, 0.05) is 31.1 Å². The summed E-state index contributed by atoms with van der Waals surface area (Å²) in [6, 6.07) is 6.05. The summed E-state index contributed by atoms with van der Waals surface area (Å²) < 4.78 is 7.12. The van der Waals surface area contributed by atoms with Crippen molar-refractivity contribution in [2.75, 3.05) is 20.7 Å². The van der Waals surface area contributed by atoms with Crippen LogP contribution in [0.25, 0.3) is 0 Å². The molecule has 0 spiro atoms. The summed E-state index contributed by atoms with van der Waals surface area (Å²) in [7, 11) is 3.41. The zero-order chi connectivity index (χ0) is 17.6. The summed E-state index contributed by atoms with van der Waals surface area (Å²) in [5.74, 6) is 2.61. The van der Waals surface area contributed by atoms with E-state index in [1.807, 2.05) is 22.9 Å². The summed E-state index contributed by atoms with van der Waals surface area (Å²) in [4.78, 5) is 8.55. The SMILES string of the molecule is CN=C(NCCc1ccc(OC)cc1Cl)NC1CCc2ncnn2C1.I. The van der Waals surface area contributed by atoms with Gasteiger partial charge in [0.2, 0.25) is 0 Å². The van der Waals surface area contributed by atoms with Gasteiger partial charge in [-0.15, -0.1) is 24.0 Å². The van der Waals surface area contributed by atoms with Crippen LogP contribution in [-0.2, 0) is 19.4 Å². The third kappa shape index (κ3) is 5.23. The molecular weight excluding hydrogens is 467 g/mol. The second-order valence-electron chi connectivity index (χ2n) is 5.94. The van der Waals surface area contributed by atoms with E-state index in [1.54, 1.807) is 20.5 Å². The molecule has 9 heteroatoms. The molecule has 0 saturated heterocycles. The van der Waals surface area contributed by atoms with Crippen LogP contribution in [0.4, 0.5) is 0 Å². The van der Waals surface area contributed by atoms with Gasteiger partial charge in [0.05, 0.1) is 13.7 Å². The number of aromatic nitrogens is 3. The van der Waals surface area contributed by atoms with Gasteiger partial charge in [-0.25, -0.2) is 9.67 Å². The monoisotopic (exact) mass is 490 g/mol. The summed E-state index contributed by atoms with van der Waals surface area (Å²) in [6.45, 7) is 1.55. The average molecular weight is 491 g/mol. The molecule has 1 aliphatic rings. The van der Waals surface area contributed by atoms with Crippen LogP contribution >= 0.6 is 35.6 Å². The fourth-order valence-corrected chi connectivity index (χ4v) is 3.18. The van der Waals surface area contributed by atoms with Crippen molar-refractivity contribution in [1.29, 1.82) is 0 Å². The molecule has 0 bridgehead atoms. The number of guanidine groups is 1. The topological polar surface area (TPSA) is 76.4 Å². The predicted molar refractivity (Wildman–Crippen MR) is 114 cm³/mol. The highest BCUT2D eigenvalue weighted by molar-refractivity contribution is 14.0. The lowest BCUT2D eigenvalue weighted by atomic mass is 10.1. The van der Waals surface area contributed by atoms with Crippen LogP contribution in [0.3, 0.4) is 0 Å². The van der Waals surface area contributed by atoms with Crippen molar-refractivity contribution in [3.8, 4) is 5.75 Å². The van der Waals surface area contributed by atoms with Gasteiger partial charge in [-0.1, -0.05) is 17.7 Å². The Kier molecular flexibility index (Phi) is 7.95. The van der Waals surface area contributed by atoms with E-state index in [-0.39, 0.29) is 24.0 Å². The number of halogens is 2. The third-order valence-electron chi connectivity index (χ3n) is 4.32. The molecule has 142 valence electrons. The second-order valence-corrected chi connectivity index (χ2v) is 6.35. The summed E-state index contributed by atoms with van der Waals surface area (Å²) in [5.41, 5.74) is 1.08. The maximum absolute atomic E-state index is 6.28. The number of aryl methyl sites for hydroxylation is 1. The number of methoxy groups -OCH3 is 1. The van der Waals surface area contributed by atoms with Crippen molar-refractivity contribution in [3.63, 3.8) is 0 Å². The first kappa shape index (κ1) is 20.8. The van der Waals surface area contributed by atoms with E-state index >= 15 is 0 Å². The van der Waals surface area contributed by atoms with Crippen LogP contribution in [0.1, 0.15) is 17.8 Å². The highest BCUT2D eigenvalue weighted by Crippen LogP contribution is 2.22. The second kappa shape index (κ2) is 9.96. The molecule has 1 aromatic heterocycles. The smallest absolute Gasteiger partial charge is 0.191 e. The number of hydrogen-bond acceptors (Lipinski definition) is 4. The number of benzene rings is 1.